The lowest BCUT2D eigenvalue weighted by molar-refractivity contribution is -0.143. The maximum atomic E-state index is 12.7. The van der Waals surface area contributed by atoms with Crippen LogP contribution >= 0.6 is 0 Å². The van der Waals surface area contributed by atoms with Crippen LogP contribution in [-0.2, 0) is 16.0 Å². The highest BCUT2D eigenvalue weighted by molar-refractivity contribution is 5.88. The van der Waals surface area contributed by atoms with Crippen LogP contribution in [0, 0.1) is 13.8 Å². The average molecular weight is 354 g/mol. The second kappa shape index (κ2) is 7.72. The fourth-order valence-corrected chi connectivity index (χ4v) is 3.65. The minimum absolute atomic E-state index is 0.0398. The number of hydrogen-bond donors (Lipinski definition) is 1. The number of piperazine rings is 1. The van der Waals surface area contributed by atoms with Gasteiger partial charge in [-0.25, -0.2) is 4.68 Å². The first-order valence-corrected chi connectivity index (χ1v) is 9.20. The zero-order valence-electron chi connectivity index (χ0n) is 15.7. The Morgan fingerprint density at radius 1 is 1.27 bits per heavy atom. The van der Waals surface area contributed by atoms with Crippen LogP contribution in [0.2, 0.25) is 0 Å². The third kappa shape index (κ3) is 3.49. The van der Waals surface area contributed by atoms with Gasteiger partial charge in [0.15, 0.2) is 0 Å². The molecule has 1 atom stereocenters. The topological polar surface area (TPSA) is 67.2 Å². The zero-order valence-corrected chi connectivity index (χ0v) is 15.7. The number of benzene rings is 1. The van der Waals surface area contributed by atoms with Gasteiger partial charge in [-0.1, -0.05) is 25.1 Å². The highest BCUT2D eigenvalue weighted by Crippen LogP contribution is 2.20. The summed E-state index contributed by atoms with van der Waals surface area (Å²) in [4.78, 5) is 26.4. The molecule has 1 aliphatic rings. The zero-order chi connectivity index (χ0) is 18.7. The van der Waals surface area contributed by atoms with Gasteiger partial charge < -0.3 is 10.2 Å². The summed E-state index contributed by atoms with van der Waals surface area (Å²) >= 11 is 0. The second-order valence-corrected chi connectivity index (χ2v) is 6.70. The number of carbonyl (C=O) groups is 2. The van der Waals surface area contributed by atoms with E-state index in [0.717, 1.165) is 22.6 Å². The number of hydrogen-bond acceptors (Lipinski definition) is 3. The number of nitrogens with one attached hydrogen (secondary N) is 1. The van der Waals surface area contributed by atoms with E-state index < -0.39 is 0 Å². The predicted octanol–water partition coefficient (Wildman–Crippen LogP) is 2.16. The molecule has 0 spiro atoms. The number of amides is 2. The highest BCUT2D eigenvalue weighted by Gasteiger charge is 2.31. The van der Waals surface area contributed by atoms with E-state index in [9.17, 15) is 9.59 Å². The van der Waals surface area contributed by atoms with Crippen molar-refractivity contribution in [2.75, 3.05) is 13.1 Å². The maximum Gasteiger partial charge on any atom is 0.242 e. The molecule has 2 heterocycles. The van der Waals surface area contributed by atoms with Gasteiger partial charge in [0.2, 0.25) is 11.8 Å². The molecule has 1 aromatic carbocycles. The Morgan fingerprint density at radius 2 is 2.00 bits per heavy atom. The van der Waals surface area contributed by atoms with Crippen LogP contribution in [0.15, 0.2) is 30.3 Å². The van der Waals surface area contributed by atoms with Gasteiger partial charge >= 0.3 is 0 Å². The largest absolute Gasteiger partial charge is 0.353 e. The molecule has 0 aliphatic carbocycles. The molecule has 0 saturated carbocycles. The highest BCUT2D eigenvalue weighted by atomic mass is 16.2. The second-order valence-electron chi connectivity index (χ2n) is 6.70. The lowest BCUT2D eigenvalue weighted by atomic mass is 10.0. The van der Waals surface area contributed by atoms with Crippen molar-refractivity contribution >= 4 is 11.8 Å². The average Bonchev–Trinajstić information content (AvgIpc) is 2.94. The maximum absolute atomic E-state index is 12.7. The first-order valence-electron chi connectivity index (χ1n) is 9.20. The third-order valence-corrected chi connectivity index (χ3v) is 5.07. The van der Waals surface area contributed by atoms with E-state index >= 15 is 0 Å². The van der Waals surface area contributed by atoms with Crippen molar-refractivity contribution in [1.82, 2.24) is 20.0 Å². The number of nitrogens with zero attached hydrogens (tertiary/aromatic N) is 3. The number of aryl methyl sites for hydroxylation is 1. The molecule has 0 bridgehead atoms. The SMILES string of the molecule is CCC1C(=O)NCCN1C(=O)CCc1c(C)nn(-c2ccccc2)c1C. The summed E-state index contributed by atoms with van der Waals surface area (Å²) in [6.45, 7) is 7.08. The third-order valence-electron chi connectivity index (χ3n) is 5.07. The molecule has 2 aromatic rings. The minimum atomic E-state index is -0.342. The molecular formula is C20H26N4O2. The van der Waals surface area contributed by atoms with Crippen LogP contribution in [-0.4, -0.2) is 45.6 Å². The molecule has 1 fully saturated rings. The molecule has 138 valence electrons. The molecule has 1 aliphatic heterocycles. The van der Waals surface area contributed by atoms with E-state index in [4.69, 9.17) is 0 Å². The Morgan fingerprint density at radius 3 is 2.69 bits per heavy atom. The Kier molecular flexibility index (Phi) is 5.40. The molecule has 1 aromatic heterocycles. The van der Waals surface area contributed by atoms with E-state index in [0.29, 0.717) is 32.4 Å². The molecule has 1 N–H and O–H groups in total. The summed E-state index contributed by atoms with van der Waals surface area (Å²) in [5, 5.41) is 7.48. The van der Waals surface area contributed by atoms with E-state index in [1.165, 1.54) is 0 Å². The standard InChI is InChI=1S/C20H26N4O2/c1-4-18-20(26)21-12-13-23(18)19(25)11-10-17-14(2)22-24(15(17)3)16-8-6-5-7-9-16/h5-9,18H,4,10-13H2,1-3H3,(H,21,26). The summed E-state index contributed by atoms with van der Waals surface area (Å²) in [6, 6.07) is 9.65. The van der Waals surface area contributed by atoms with Crippen LogP contribution in [0.3, 0.4) is 0 Å². The monoisotopic (exact) mass is 354 g/mol. The van der Waals surface area contributed by atoms with Crippen molar-refractivity contribution in [3.8, 4) is 5.69 Å². The lowest BCUT2D eigenvalue weighted by Gasteiger charge is -2.34. The summed E-state index contributed by atoms with van der Waals surface area (Å²) in [7, 11) is 0. The van der Waals surface area contributed by atoms with Gasteiger partial charge in [0.25, 0.3) is 0 Å². The van der Waals surface area contributed by atoms with Gasteiger partial charge in [-0.2, -0.15) is 5.10 Å². The van der Waals surface area contributed by atoms with Crippen molar-refractivity contribution < 1.29 is 9.59 Å². The molecule has 3 rings (SSSR count). The van der Waals surface area contributed by atoms with Gasteiger partial charge in [0.05, 0.1) is 11.4 Å². The smallest absolute Gasteiger partial charge is 0.242 e. The number of rotatable bonds is 5. The molecule has 2 amide bonds. The van der Waals surface area contributed by atoms with Crippen molar-refractivity contribution in [1.29, 1.82) is 0 Å². The number of aromatic nitrogens is 2. The first-order chi connectivity index (χ1) is 12.5. The Balaban J connectivity index is 1.73. The van der Waals surface area contributed by atoms with E-state index in [1.807, 2.05) is 55.8 Å². The minimum Gasteiger partial charge on any atom is -0.353 e. The Hall–Kier alpha value is -2.63. The first kappa shape index (κ1) is 18.2. The number of para-hydroxylation sites is 1. The summed E-state index contributed by atoms with van der Waals surface area (Å²) < 4.78 is 1.93. The summed E-state index contributed by atoms with van der Waals surface area (Å²) in [5.41, 5.74) is 4.13. The molecule has 1 unspecified atom stereocenters. The van der Waals surface area contributed by atoms with E-state index in [-0.39, 0.29) is 17.9 Å². The lowest BCUT2D eigenvalue weighted by Crippen LogP contribution is -2.56. The molecule has 6 nitrogen and oxygen atoms in total. The van der Waals surface area contributed by atoms with Crippen LogP contribution in [0.25, 0.3) is 5.69 Å². The normalized spacial score (nSPS) is 17.3. The van der Waals surface area contributed by atoms with Gasteiger partial charge in [-0.15, -0.1) is 0 Å². The van der Waals surface area contributed by atoms with Crippen molar-refractivity contribution in [3.63, 3.8) is 0 Å². The number of carbonyl (C=O) groups excluding carboxylic acids is 2. The Labute approximate surface area is 154 Å². The van der Waals surface area contributed by atoms with Crippen molar-refractivity contribution in [3.05, 3.63) is 47.3 Å². The van der Waals surface area contributed by atoms with Crippen LogP contribution in [0.4, 0.5) is 0 Å². The summed E-state index contributed by atoms with van der Waals surface area (Å²) in [6.07, 6.45) is 1.67. The van der Waals surface area contributed by atoms with Gasteiger partial charge in [-0.05, 0) is 44.4 Å². The molecular weight excluding hydrogens is 328 g/mol. The van der Waals surface area contributed by atoms with Crippen LogP contribution in [0.5, 0.6) is 0 Å². The molecule has 26 heavy (non-hydrogen) atoms. The fourth-order valence-electron chi connectivity index (χ4n) is 3.65. The fraction of sp³-hybridized carbons (Fsp3) is 0.450. The van der Waals surface area contributed by atoms with Gasteiger partial charge in [0, 0.05) is 25.2 Å². The van der Waals surface area contributed by atoms with Gasteiger partial charge in [0.1, 0.15) is 6.04 Å². The predicted molar refractivity (Wildman–Crippen MR) is 100 cm³/mol. The van der Waals surface area contributed by atoms with Crippen molar-refractivity contribution in [2.24, 2.45) is 0 Å². The summed E-state index contributed by atoms with van der Waals surface area (Å²) in [5.74, 6) is -0.00526. The molecule has 1 saturated heterocycles. The van der Waals surface area contributed by atoms with Crippen LogP contribution < -0.4 is 5.32 Å². The van der Waals surface area contributed by atoms with Gasteiger partial charge in [-0.3, -0.25) is 9.59 Å². The molecule has 6 heteroatoms. The van der Waals surface area contributed by atoms with Crippen molar-refractivity contribution in [2.45, 2.75) is 46.1 Å². The Bertz CT molecular complexity index is 798. The quantitative estimate of drug-likeness (QED) is 0.895. The van der Waals surface area contributed by atoms with Crippen LogP contribution in [0.1, 0.15) is 36.7 Å². The van der Waals surface area contributed by atoms with E-state index in [2.05, 4.69) is 10.4 Å². The van der Waals surface area contributed by atoms with E-state index in [1.54, 1.807) is 4.90 Å². The molecule has 0 radical (unpaired) electrons.